The maximum Gasteiger partial charge on any atom is 0.573 e. The van der Waals surface area contributed by atoms with Gasteiger partial charge < -0.3 is 19.3 Å². The highest BCUT2D eigenvalue weighted by Gasteiger charge is 2.31. The van der Waals surface area contributed by atoms with Crippen LogP contribution in [0.25, 0.3) is 16.3 Å². The van der Waals surface area contributed by atoms with Crippen molar-refractivity contribution in [2.24, 2.45) is 0 Å². The average Bonchev–Trinajstić information content (AvgIpc) is 2.98. The molecule has 3 aromatic rings. The van der Waals surface area contributed by atoms with E-state index in [1.54, 1.807) is 16.7 Å². The van der Waals surface area contributed by atoms with Gasteiger partial charge in [0.25, 0.3) is 0 Å². The number of aromatic hydroxyl groups is 1. The molecule has 0 atom stereocenters. The van der Waals surface area contributed by atoms with E-state index in [2.05, 4.69) is 34.9 Å². The lowest BCUT2D eigenvalue weighted by Gasteiger charge is -2.22. The molecule has 0 fully saturated rings. The van der Waals surface area contributed by atoms with Crippen molar-refractivity contribution in [2.45, 2.75) is 26.3 Å². The highest BCUT2D eigenvalue weighted by atomic mass is 19.4. The standard InChI is InChI=1S/C23H23F3N2O2/c1-15-11-18(17-7-9-27(2)10-8-17)12-19-14-28(22(29)21(15)19)13-16-3-5-20(6-4-16)30-23(24,25)26/h3-7,11-12,14,29H,8-10,13H2,1-2H3. The Bertz CT molecular complexity index is 1100. The first-order valence-corrected chi connectivity index (χ1v) is 9.75. The first kappa shape index (κ1) is 20.3. The van der Waals surface area contributed by atoms with Gasteiger partial charge in [0.2, 0.25) is 0 Å². The molecule has 2 aromatic carbocycles. The summed E-state index contributed by atoms with van der Waals surface area (Å²) in [5.41, 5.74) is 4.23. The Labute approximate surface area is 172 Å². The van der Waals surface area contributed by atoms with Gasteiger partial charge in [0.15, 0.2) is 5.88 Å². The number of aromatic nitrogens is 1. The molecule has 4 rings (SSSR count). The summed E-state index contributed by atoms with van der Waals surface area (Å²) >= 11 is 0. The number of rotatable bonds is 4. The number of hydrogen-bond donors (Lipinski definition) is 1. The Kier molecular flexibility index (Phi) is 5.24. The van der Waals surface area contributed by atoms with E-state index in [1.165, 1.54) is 23.3 Å². The zero-order valence-electron chi connectivity index (χ0n) is 16.8. The van der Waals surface area contributed by atoms with E-state index >= 15 is 0 Å². The molecule has 0 aliphatic carbocycles. The summed E-state index contributed by atoms with van der Waals surface area (Å²) in [7, 11) is 2.10. The lowest BCUT2D eigenvalue weighted by molar-refractivity contribution is -0.274. The number of ether oxygens (including phenoxy) is 1. The minimum atomic E-state index is -4.71. The summed E-state index contributed by atoms with van der Waals surface area (Å²) in [5, 5.41) is 12.5. The van der Waals surface area contributed by atoms with Crippen LogP contribution in [0.5, 0.6) is 11.6 Å². The number of likely N-dealkylation sites (N-methyl/N-ethyl adjacent to an activating group) is 1. The number of alkyl halides is 3. The van der Waals surface area contributed by atoms with Crippen LogP contribution in [0, 0.1) is 6.92 Å². The summed E-state index contributed by atoms with van der Waals surface area (Å²) in [6, 6.07) is 9.88. The van der Waals surface area contributed by atoms with Gasteiger partial charge in [0, 0.05) is 30.1 Å². The third kappa shape index (κ3) is 4.31. The Morgan fingerprint density at radius 2 is 1.87 bits per heavy atom. The predicted octanol–water partition coefficient (Wildman–Crippen LogP) is 5.32. The number of nitrogens with zero attached hydrogens (tertiary/aromatic N) is 2. The van der Waals surface area contributed by atoms with Crippen molar-refractivity contribution in [3.8, 4) is 11.6 Å². The third-order valence-corrected chi connectivity index (χ3v) is 5.45. The Morgan fingerprint density at radius 3 is 2.50 bits per heavy atom. The molecule has 0 unspecified atom stereocenters. The Balaban J connectivity index is 1.61. The van der Waals surface area contributed by atoms with E-state index in [1.807, 2.05) is 13.1 Å². The number of benzene rings is 2. The van der Waals surface area contributed by atoms with Gasteiger partial charge in [0.1, 0.15) is 5.75 Å². The van der Waals surface area contributed by atoms with Crippen molar-refractivity contribution in [3.63, 3.8) is 0 Å². The number of aryl methyl sites for hydroxylation is 1. The zero-order chi connectivity index (χ0) is 21.5. The topological polar surface area (TPSA) is 37.6 Å². The van der Waals surface area contributed by atoms with Gasteiger partial charge in [0.05, 0.1) is 6.54 Å². The molecule has 4 nitrogen and oxygen atoms in total. The maximum atomic E-state index is 12.3. The normalized spacial score (nSPS) is 15.4. The Hall–Kier alpha value is -2.93. The monoisotopic (exact) mass is 416 g/mol. The molecule has 0 bridgehead atoms. The van der Waals surface area contributed by atoms with Crippen molar-refractivity contribution in [2.75, 3.05) is 20.1 Å². The minimum absolute atomic E-state index is 0.155. The molecular formula is C23H23F3N2O2. The molecule has 0 saturated heterocycles. The van der Waals surface area contributed by atoms with Crippen LogP contribution in [0.2, 0.25) is 0 Å². The van der Waals surface area contributed by atoms with E-state index in [0.29, 0.717) is 6.54 Å². The molecule has 2 heterocycles. The number of hydrogen-bond acceptors (Lipinski definition) is 3. The fourth-order valence-corrected chi connectivity index (χ4v) is 3.93. The lowest BCUT2D eigenvalue weighted by atomic mass is 9.96. The van der Waals surface area contributed by atoms with Crippen LogP contribution in [0.15, 0.2) is 48.7 Å². The predicted molar refractivity (Wildman–Crippen MR) is 111 cm³/mol. The summed E-state index contributed by atoms with van der Waals surface area (Å²) in [6.45, 7) is 4.26. The van der Waals surface area contributed by atoms with Crippen molar-refractivity contribution >= 4 is 16.3 Å². The molecule has 1 aliphatic rings. The summed E-state index contributed by atoms with van der Waals surface area (Å²) < 4.78 is 42.6. The molecule has 1 N–H and O–H groups in total. The quantitative estimate of drug-likeness (QED) is 0.626. The van der Waals surface area contributed by atoms with Gasteiger partial charge in [-0.05, 0) is 60.9 Å². The average molecular weight is 416 g/mol. The first-order valence-electron chi connectivity index (χ1n) is 9.75. The van der Waals surface area contributed by atoms with Crippen molar-refractivity contribution in [1.29, 1.82) is 0 Å². The van der Waals surface area contributed by atoms with Crippen LogP contribution in [0.4, 0.5) is 13.2 Å². The lowest BCUT2D eigenvalue weighted by Crippen LogP contribution is -2.23. The first-order chi connectivity index (χ1) is 14.2. The van der Waals surface area contributed by atoms with Crippen LogP contribution in [0.3, 0.4) is 0 Å². The van der Waals surface area contributed by atoms with Gasteiger partial charge in [-0.2, -0.15) is 0 Å². The second-order valence-electron chi connectivity index (χ2n) is 7.77. The van der Waals surface area contributed by atoms with E-state index in [9.17, 15) is 18.3 Å². The molecule has 7 heteroatoms. The number of fused-ring (bicyclic) bond motifs is 1. The molecule has 0 spiro atoms. The molecule has 0 radical (unpaired) electrons. The molecule has 30 heavy (non-hydrogen) atoms. The fourth-order valence-electron chi connectivity index (χ4n) is 3.93. The van der Waals surface area contributed by atoms with Crippen LogP contribution in [-0.2, 0) is 6.54 Å². The van der Waals surface area contributed by atoms with Crippen LogP contribution < -0.4 is 4.74 Å². The number of halogens is 3. The Morgan fingerprint density at radius 1 is 1.13 bits per heavy atom. The van der Waals surface area contributed by atoms with Gasteiger partial charge in [-0.15, -0.1) is 13.2 Å². The minimum Gasteiger partial charge on any atom is -0.494 e. The van der Waals surface area contributed by atoms with Crippen LogP contribution >= 0.6 is 0 Å². The van der Waals surface area contributed by atoms with Crippen LogP contribution in [0.1, 0.15) is 23.1 Å². The smallest absolute Gasteiger partial charge is 0.494 e. The molecule has 1 aromatic heterocycles. The summed E-state index contributed by atoms with van der Waals surface area (Å²) in [5.74, 6) is -0.109. The summed E-state index contributed by atoms with van der Waals surface area (Å²) in [4.78, 5) is 2.27. The largest absolute Gasteiger partial charge is 0.573 e. The summed E-state index contributed by atoms with van der Waals surface area (Å²) in [6.07, 6.45) is 0.402. The van der Waals surface area contributed by atoms with Gasteiger partial charge in [-0.3, -0.25) is 0 Å². The molecule has 0 saturated carbocycles. The highest BCUT2D eigenvalue weighted by Crippen LogP contribution is 2.35. The molecule has 158 valence electrons. The zero-order valence-corrected chi connectivity index (χ0v) is 16.8. The fraction of sp³-hybridized carbons (Fsp3) is 0.304. The van der Waals surface area contributed by atoms with Crippen LogP contribution in [-0.4, -0.2) is 41.1 Å². The van der Waals surface area contributed by atoms with Crippen molar-refractivity contribution in [1.82, 2.24) is 9.47 Å². The van der Waals surface area contributed by atoms with Gasteiger partial charge in [-0.1, -0.05) is 24.3 Å². The van der Waals surface area contributed by atoms with Gasteiger partial charge >= 0.3 is 6.36 Å². The van der Waals surface area contributed by atoms with Crippen molar-refractivity contribution < 1.29 is 23.0 Å². The highest BCUT2D eigenvalue weighted by molar-refractivity contribution is 5.93. The van der Waals surface area contributed by atoms with Gasteiger partial charge in [-0.25, -0.2) is 0 Å². The van der Waals surface area contributed by atoms with E-state index < -0.39 is 6.36 Å². The maximum absolute atomic E-state index is 12.3. The second kappa shape index (κ2) is 7.72. The third-order valence-electron chi connectivity index (χ3n) is 5.45. The van der Waals surface area contributed by atoms with E-state index in [0.717, 1.165) is 41.4 Å². The SMILES string of the molecule is Cc1cc(C2=CCN(C)CC2)cc2cn(Cc3ccc(OC(F)(F)F)cc3)c(O)c12. The molecule has 0 amide bonds. The van der Waals surface area contributed by atoms with Crippen molar-refractivity contribution in [3.05, 3.63) is 65.4 Å². The molecular weight excluding hydrogens is 393 g/mol. The molecule has 1 aliphatic heterocycles. The second-order valence-corrected chi connectivity index (χ2v) is 7.77. The van der Waals surface area contributed by atoms with E-state index in [-0.39, 0.29) is 11.6 Å². The van der Waals surface area contributed by atoms with E-state index in [4.69, 9.17) is 0 Å².